The molecule has 0 saturated carbocycles. The van der Waals surface area contributed by atoms with E-state index in [1.54, 1.807) is 0 Å². The molecule has 3 atom stereocenters. The van der Waals surface area contributed by atoms with Crippen molar-refractivity contribution < 1.29 is 14.2 Å². The maximum absolute atomic E-state index is 12.5. The van der Waals surface area contributed by atoms with Crippen LogP contribution in [0.1, 0.15) is 6.42 Å². The summed E-state index contributed by atoms with van der Waals surface area (Å²) in [4.78, 5) is 0. The second-order valence-electron chi connectivity index (χ2n) is 2.15. The van der Waals surface area contributed by atoms with Crippen molar-refractivity contribution in [2.45, 2.75) is 24.7 Å². The van der Waals surface area contributed by atoms with E-state index in [-0.39, 0.29) is 13.0 Å². The highest BCUT2D eigenvalue weighted by Gasteiger charge is 2.31. The van der Waals surface area contributed by atoms with E-state index in [1.165, 1.54) is 0 Å². The molecule has 1 N–H and O–H groups in total. The lowest BCUT2D eigenvalue weighted by Crippen LogP contribution is -2.21. The van der Waals surface area contributed by atoms with Gasteiger partial charge in [0.25, 0.3) is 0 Å². The van der Waals surface area contributed by atoms with Crippen molar-refractivity contribution in [3.05, 3.63) is 0 Å². The van der Waals surface area contributed by atoms with Crippen molar-refractivity contribution >= 4 is 7.85 Å². The van der Waals surface area contributed by atoms with Crippen LogP contribution >= 0.6 is 0 Å². The summed E-state index contributed by atoms with van der Waals surface area (Å²) < 4.78 is 17.2. The van der Waals surface area contributed by atoms with Crippen molar-refractivity contribution in [3.8, 4) is 0 Å². The van der Waals surface area contributed by atoms with E-state index in [4.69, 9.17) is 17.7 Å². The van der Waals surface area contributed by atoms with Gasteiger partial charge in [-0.05, 0) is 6.42 Å². The van der Waals surface area contributed by atoms with E-state index in [2.05, 4.69) is 0 Å². The van der Waals surface area contributed by atoms with Crippen LogP contribution in [0, 0.1) is 0 Å². The predicted molar refractivity (Wildman–Crippen MR) is 31.0 cm³/mol. The van der Waals surface area contributed by atoms with Crippen molar-refractivity contribution in [2.75, 3.05) is 6.61 Å². The molecule has 0 amide bonds. The van der Waals surface area contributed by atoms with Crippen LogP contribution in [0.2, 0.25) is 0 Å². The Bertz CT molecular complexity index is 101. The third kappa shape index (κ3) is 1.43. The molecule has 9 heavy (non-hydrogen) atoms. The first-order valence-electron chi connectivity index (χ1n) is 2.90. The summed E-state index contributed by atoms with van der Waals surface area (Å²) in [6.07, 6.45) is -1.59. The molecular weight excluding hydrogens is 121 g/mol. The summed E-state index contributed by atoms with van der Waals surface area (Å²) >= 11 is 0. The maximum Gasteiger partial charge on any atom is 0.130 e. The molecule has 2 radical (unpaired) electrons. The van der Waals surface area contributed by atoms with Gasteiger partial charge in [-0.15, -0.1) is 0 Å². The molecule has 1 fully saturated rings. The normalized spacial score (nSPS) is 43.6. The first-order chi connectivity index (χ1) is 4.24. The summed E-state index contributed by atoms with van der Waals surface area (Å²) in [6, 6.07) is -0.530. The van der Waals surface area contributed by atoms with Gasteiger partial charge < -0.3 is 9.84 Å². The topological polar surface area (TPSA) is 29.5 Å². The molecule has 0 aliphatic carbocycles. The third-order valence-corrected chi connectivity index (χ3v) is 1.39. The van der Waals surface area contributed by atoms with Crippen LogP contribution < -0.4 is 0 Å². The lowest BCUT2D eigenvalue weighted by atomic mass is 9.96. The van der Waals surface area contributed by atoms with E-state index in [9.17, 15) is 4.39 Å². The van der Waals surface area contributed by atoms with Crippen molar-refractivity contribution in [1.82, 2.24) is 0 Å². The quantitative estimate of drug-likeness (QED) is 0.488. The molecule has 1 rings (SSSR count). The van der Waals surface area contributed by atoms with Crippen LogP contribution in [-0.2, 0) is 4.74 Å². The van der Waals surface area contributed by atoms with E-state index in [1.807, 2.05) is 0 Å². The Balaban J connectivity index is 2.38. The molecule has 1 saturated heterocycles. The number of halogens is 1. The van der Waals surface area contributed by atoms with Gasteiger partial charge in [0, 0.05) is 6.00 Å². The molecule has 0 aromatic heterocycles. The van der Waals surface area contributed by atoms with Gasteiger partial charge >= 0.3 is 0 Å². The minimum Gasteiger partial charge on any atom is -0.394 e. The highest BCUT2D eigenvalue weighted by atomic mass is 18.2. The molecule has 0 unspecified atom stereocenters. The number of hydrogen-bond donors (Lipinski definition) is 1. The molecule has 0 aromatic rings. The Kier molecular flexibility index (Phi) is 2.08. The summed E-state index contributed by atoms with van der Waals surface area (Å²) in [5.74, 6) is 0. The fourth-order valence-electron chi connectivity index (χ4n) is 0.896. The Morgan fingerprint density at radius 3 is 2.67 bits per heavy atom. The molecule has 1 aliphatic heterocycles. The monoisotopic (exact) mass is 129 g/mol. The molecule has 0 spiro atoms. The number of alkyl halides is 1. The molecule has 2 nitrogen and oxygen atoms in total. The second-order valence-corrected chi connectivity index (χ2v) is 2.15. The van der Waals surface area contributed by atoms with Crippen LogP contribution in [-0.4, -0.2) is 37.8 Å². The first kappa shape index (κ1) is 7.03. The molecule has 0 bridgehead atoms. The van der Waals surface area contributed by atoms with Gasteiger partial charge in [0.15, 0.2) is 0 Å². The molecular formula is C5H8BFO2. The zero-order chi connectivity index (χ0) is 6.85. The number of aliphatic hydroxyl groups is 1. The summed E-state index contributed by atoms with van der Waals surface area (Å²) in [7, 11) is 5.22. The highest BCUT2D eigenvalue weighted by molar-refractivity contribution is 6.11. The Hall–Kier alpha value is -0.0851. The fourth-order valence-corrected chi connectivity index (χ4v) is 0.896. The van der Waals surface area contributed by atoms with Gasteiger partial charge in [-0.1, -0.05) is 0 Å². The maximum atomic E-state index is 12.5. The van der Waals surface area contributed by atoms with Gasteiger partial charge in [0.2, 0.25) is 0 Å². The van der Waals surface area contributed by atoms with E-state index in [0.29, 0.717) is 0 Å². The third-order valence-electron chi connectivity index (χ3n) is 1.39. The fraction of sp³-hybridized carbons (Fsp3) is 1.00. The lowest BCUT2D eigenvalue weighted by Gasteiger charge is -2.07. The van der Waals surface area contributed by atoms with Crippen molar-refractivity contribution in [1.29, 1.82) is 0 Å². The zero-order valence-electron chi connectivity index (χ0n) is 4.96. The number of aliphatic hydroxyl groups excluding tert-OH is 1. The highest BCUT2D eigenvalue weighted by Crippen LogP contribution is 2.20. The second kappa shape index (κ2) is 2.67. The Labute approximate surface area is 54.4 Å². The molecule has 1 aliphatic rings. The zero-order valence-corrected chi connectivity index (χ0v) is 4.96. The average molecular weight is 129 g/mol. The van der Waals surface area contributed by atoms with Crippen LogP contribution in [0.5, 0.6) is 0 Å². The summed E-state index contributed by atoms with van der Waals surface area (Å²) in [5.41, 5.74) is 0. The SMILES string of the molecule is [B][C@H]1C[C@H]([18F])[C@@H](CO)O1. The number of rotatable bonds is 1. The molecule has 4 heteroatoms. The summed E-state index contributed by atoms with van der Waals surface area (Å²) in [6.45, 7) is -0.283. The first-order valence-corrected chi connectivity index (χ1v) is 2.90. The smallest absolute Gasteiger partial charge is 0.130 e. The lowest BCUT2D eigenvalue weighted by molar-refractivity contribution is 0.0188. The van der Waals surface area contributed by atoms with Gasteiger partial charge in [-0.2, -0.15) is 0 Å². The molecule has 1 heterocycles. The van der Waals surface area contributed by atoms with E-state index >= 15 is 0 Å². The van der Waals surface area contributed by atoms with Crippen LogP contribution in [0.4, 0.5) is 4.39 Å². The minimum absolute atomic E-state index is 0.200. The summed E-state index contributed by atoms with van der Waals surface area (Å²) in [5, 5.41) is 8.43. The van der Waals surface area contributed by atoms with Gasteiger partial charge in [0.05, 0.1) is 6.61 Å². The van der Waals surface area contributed by atoms with Crippen LogP contribution in [0.3, 0.4) is 0 Å². The van der Waals surface area contributed by atoms with Crippen LogP contribution in [0.15, 0.2) is 0 Å². The van der Waals surface area contributed by atoms with Crippen LogP contribution in [0.25, 0.3) is 0 Å². The minimum atomic E-state index is -1.09. The van der Waals surface area contributed by atoms with Crippen molar-refractivity contribution in [2.24, 2.45) is 0 Å². The van der Waals surface area contributed by atoms with E-state index < -0.39 is 18.3 Å². The van der Waals surface area contributed by atoms with Gasteiger partial charge in [0.1, 0.15) is 20.1 Å². The largest absolute Gasteiger partial charge is 0.394 e. The van der Waals surface area contributed by atoms with Gasteiger partial charge in [-0.25, -0.2) is 4.39 Å². The Morgan fingerprint density at radius 1 is 1.78 bits per heavy atom. The number of ether oxygens (including phenoxy) is 1. The Morgan fingerprint density at radius 2 is 2.44 bits per heavy atom. The number of hydrogen-bond acceptors (Lipinski definition) is 2. The molecule has 50 valence electrons. The molecule has 0 aromatic carbocycles. The average Bonchev–Trinajstić information content (AvgIpc) is 2.10. The van der Waals surface area contributed by atoms with Crippen molar-refractivity contribution in [3.63, 3.8) is 0 Å². The predicted octanol–water partition coefficient (Wildman–Crippen LogP) is -0.400. The van der Waals surface area contributed by atoms with E-state index in [0.717, 1.165) is 0 Å². The standard InChI is InChI=1S/C5H8BFO2/c6-5-1-3(7)4(2-8)9-5/h3-5,8H,1-2H2/t3-,4+,5+/m0/s1/i7-1. The van der Waals surface area contributed by atoms with Gasteiger partial charge in [-0.3, -0.25) is 0 Å².